The van der Waals surface area contributed by atoms with Crippen molar-refractivity contribution in [3.63, 3.8) is 0 Å². The highest BCUT2D eigenvalue weighted by Gasteiger charge is 2.34. The number of rotatable bonds is 7. The highest BCUT2D eigenvalue weighted by molar-refractivity contribution is 9.10. The lowest BCUT2D eigenvalue weighted by Gasteiger charge is -2.20. The number of ether oxygens (including phenoxy) is 1. The molecule has 1 aliphatic rings. The molecule has 2 aromatic rings. The maximum atomic E-state index is 12.6. The zero-order chi connectivity index (χ0) is 21.0. The molecule has 10 heteroatoms. The molecule has 0 radical (unpaired) electrons. The van der Waals surface area contributed by atoms with Crippen molar-refractivity contribution < 1.29 is 23.1 Å². The molecule has 29 heavy (non-hydrogen) atoms. The van der Waals surface area contributed by atoms with Crippen LogP contribution in [0.15, 0.2) is 58.1 Å². The summed E-state index contributed by atoms with van der Waals surface area (Å²) in [7, 11) is 0. The lowest BCUT2D eigenvalue weighted by molar-refractivity contribution is -0.119. The van der Waals surface area contributed by atoms with Gasteiger partial charge in [0.25, 0.3) is 5.91 Å². The molecule has 0 aliphatic carbocycles. The van der Waals surface area contributed by atoms with Crippen LogP contribution >= 0.6 is 15.9 Å². The van der Waals surface area contributed by atoms with Gasteiger partial charge in [-0.15, -0.1) is 0 Å². The fourth-order valence-corrected chi connectivity index (χ4v) is 3.27. The van der Waals surface area contributed by atoms with Crippen molar-refractivity contribution in [2.24, 2.45) is 10.8 Å². The number of para-hydroxylation sites is 1. The molecule has 0 saturated carbocycles. The second-order valence-corrected chi connectivity index (χ2v) is 7.08. The number of amides is 2. The van der Waals surface area contributed by atoms with E-state index in [0.717, 1.165) is 0 Å². The third-order valence-electron chi connectivity index (χ3n) is 4.20. The summed E-state index contributed by atoms with van der Waals surface area (Å²) in [5.74, 6) is -1.18. The number of carbonyl (C=O) groups is 2. The van der Waals surface area contributed by atoms with Gasteiger partial charge in [0.1, 0.15) is 17.5 Å². The van der Waals surface area contributed by atoms with Crippen molar-refractivity contribution in [2.75, 3.05) is 5.01 Å². The molecule has 7 nitrogen and oxygen atoms in total. The van der Waals surface area contributed by atoms with Gasteiger partial charge in [0.15, 0.2) is 0 Å². The minimum Gasteiger partial charge on any atom is -0.434 e. The van der Waals surface area contributed by atoms with Gasteiger partial charge in [-0.3, -0.25) is 14.6 Å². The Morgan fingerprint density at radius 2 is 2.00 bits per heavy atom. The van der Waals surface area contributed by atoms with E-state index in [1.807, 2.05) is 6.07 Å². The minimum atomic E-state index is -2.99. The lowest BCUT2D eigenvalue weighted by Crippen LogP contribution is -2.39. The maximum absolute atomic E-state index is 12.6. The van der Waals surface area contributed by atoms with Gasteiger partial charge in [-0.05, 0) is 30.3 Å². The molecule has 0 bridgehead atoms. The largest absolute Gasteiger partial charge is 0.434 e. The van der Waals surface area contributed by atoms with E-state index in [1.165, 1.54) is 11.1 Å². The maximum Gasteiger partial charge on any atom is 0.387 e. The molecule has 1 aliphatic heterocycles. The van der Waals surface area contributed by atoms with Crippen LogP contribution in [-0.2, 0) is 16.1 Å². The molecule has 3 N–H and O–H groups in total. The molecule has 3 rings (SSSR count). The highest BCUT2D eigenvalue weighted by Crippen LogP contribution is 2.26. The first-order valence-corrected chi connectivity index (χ1v) is 9.37. The quantitative estimate of drug-likeness (QED) is 0.655. The van der Waals surface area contributed by atoms with Gasteiger partial charge in [0, 0.05) is 23.0 Å². The summed E-state index contributed by atoms with van der Waals surface area (Å²) in [6.07, 6.45) is 0.0366. The summed E-state index contributed by atoms with van der Waals surface area (Å²) in [5.41, 5.74) is 6.56. The molecular weight excluding hydrogens is 450 g/mol. The molecule has 0 spiro atoms. The molecular formula is C19H17BrF2N4O3. The number of primary amides is 1. The second kappa shape index (κ2) is 8.99. The van der Waals surface area contributed by atoms with Crippen LogP contribution in [0, 0.1) is 0 Å². The number of carbonyl (C=O) groups excluding carboxylic acids is 2. The Balaban J connectivity index is 1.74. The summed E-state index contributed by atoms with van der Waals surface area (Å²) in [4.78, 5) is 24.4. The number of nitrogens with two attached hydrogens (primary N) is 1. The van der Waals surface area contributed by atoms with Gasteiger partial charge in [0.05, 0.1) is 5.69 Å². The Kier molecular flexibility index (Phi) is 6.42. The second-order valence-electron chi connectivity index (χ2n) is 6.16. The van der Waals surface area contributed by atoms with Crippen LogP contribution in [0.4, 0.5) is 14.5 Å². The number of alkyl halides is 2. The summed E-state index contributed by atoms with van der Waals surface area (Å²) in [5, 5.41) is 8.26. The average Bonchev–Trinajstić information content (AvgIpc) is 3.14. The van der Waals surface area contributed by atoms with E-state index in [-0.39, 0.29) is 24.4 Å². The number of hydrazone groups is 1. The van der Waals surface area contributed by atoms with E-state index < -0.39 is 24.5 Å². The Hall–Kier alpha value is -3.01. The zero-order valence-corrected chi connectivity index (χ0v) is 16.6. The summed E-state index contributed by atoms with van der Waals surface area (Å²) in [6, 6.07) is 12.6. The Bertz CT molecular complexity index is 940. The van der Waals surface area contributed by atoms with Crippen LogP contribution < -0.4 is 20.8 Å². The SMILES string of the molecule is NC(=O)C1CC(C(=O)NCc2cc(Br)ccc2OC(F)F)=NN1c1ccccc1. The van der Waals surface area contributed by atoms with Crippen molar-refractivity contribution in [1.82, 2.24) is 5.32 Å². The molecule has 2 amide bonds. The molecule has 1 atom stereocenters. The summed E-state index contributed by atoms with van der Waals surface area (Å²) >= 11 is 3.26. The van der Waals surface area contributed by atoms with Crippen LogP contribution in [0.3, 0.4) is 0 Å². The molecule has 0 fully saturated rings. The van der Waals surface area contributed by atoms with E-state index in [9.17, 15) is 18.4 Å². The van der Waals surface area contributed by atoms with Crippen LogP contribution in [0.25, 0.3) is 0 Å². The standard InChI is InChI=1S/C19H17BrF2N4O3/c20-12-6-7-16(29-19(21)22)11(8-12)10-24-18(28)14-9-15(17(23)27)26(25-14)13-4-2-1-3-5-13/h1-8,15,19H,9-10H2,(H2,23,27)(H,24,28). The van der Waals surface area contributed by atoms with E-state index in [4.69, 9.17) is 5.73 Å². The van der Waals surface area contributed by atoms with Crippen LogP contribution in [-0.4, -0.2) is 30.2 Å². The fraction of sp³-hybridized carbons (Fsp3) is 0.211. The number of hydrogen-bond donors (Lipinski definition) is 2. The van der Waals surface area contributed by atoms with Gasteiger partial charge in [-0.25, -0.2) is 0 Å². The van der Waals surface area contributed by atoms with E-state index in [2.05, 4.69) is 31.1 Å². The molecule has 2 aromatic carbocycles. The van der Waals surface area contributed by atoms with Gasteiger partial charge < -0.3 is 15.8 Å². The number of hydrogen-bond acceptors (Lipinski definition) is 5. The fourth-order valence-electron chi connectivity index (χ4n) is 2.86. The monoisotopic (exact) mass is 466 g/mol. The Labute approximate surface area is 173 Å². The topological polar surface area (TPSA) is 97.0 Å². The van der Waals surface area contributed by atoms with Crippen molar-refractivity contribution in [3.05, 3.63) is 58.6 Å². The Morgan fingerprint density at radius 3 is 2.66 bits per heavy atom. The number of halogens is 3. The number of anilines is 1. The van der Waals surface area contributed by atoms with E-state index in [0.29, 0.717) is 15.7 Å². The van der Waals surface area contributed by atoms with Gasteiger partial charge in [-0.1, -0.05) is 34.1 Å². The number of nitrogens with one attached hydrogen (secondary N) is 1. The average molecular weight is 467 g/mol. The van der Waals surface area contributed by atoms with Crippen molar-refractivity contribution >= 4 is 39.1 Å². The third-order valence-corrected chi connectivity index (χ3v) is 4.69. The third kappa shape index (κ3) is 5.08. The smallest absolute Gasteiger partial charge is 0.387 e. The van der Waals surface area contributed by atoms with Crippen LogP contribution in [0.1, 0.15) is 12.0 Å². The summed E-state index contributed by atoms with van der Waals surface area (Å²) < 4.78 is 30.3. The normalized spacial score (nSPS) is 15.9. The molecule has 0 aromatic heterocycles. The van der Waals surface area contributed by atoms with Crippen molar-refractivity contribution in [3.8, 4) is 5.75 Å². The van der Waals surface area contributed by atoms with E-state index in [1.54, 1.807) is 36.4 Å². The molecule has 1 unspecified atom stereocenters. The van der Waals surface area contributed by atoms with Crippen LogP contribution in [0.5, 0.6) is 5.75 Å². The predicted octanol–water partition coefficient (Wildman–Crippen LogP) is 2.79. The first kappa shape index (κ1) is 20.7. The summed E-state index contributed by atoms with van der Waals surface area (Å²) in [6.45, 7) is -3.05. The number of benzene rings is 2. The van der Waals surface area contributed by atoms with E-state index >= 15 is 0 Å². The van der Waals surface area contributed by atoms with Gasteiger partial charge >= 0.3 is 6.61 Å². The first-order chi connectivity index (χ1) is 13.8. The highest BCUT2D eigenvalue weighted by atomic mass is 79.9. The molecule has 0 saturated heterocycles. The lowest BCUT2D eigenvalue weighted by atomic mass is 10.1. The molecule has 152 valence electrons. The van der Waals surface area contributed by atoms with Crippen LogP contribution in [0.2, 0.25) is 0 Å². The Morgan fingerprint density at radius 1 is 1.28 bits per heavy atom. The van der Waals surface area contributed by atoms with Gasteiger partial charge in [-0.2, -0.15) is 13.9 Å². The van der Waals surface area contributed by atoms with Crippen molar-refractivity contribution in [2.45, 2.75) is 25.6 Å². The molecule has 1 heterocycles. The first-order valence-electron chi connectivity index (χ1n) is 8.57. The van der Waals surface area contributed by atoms with Gasteiger partial charge in [0.2, 0.25) is 5.91 Å². The van der Waals surface area contributed by atoms with Crippen molar-refractivity contribution in [1.29, 1.82) is 0 Å². The number of nitrogens with zero attached hydrogens (tertiary/aromatic N) is 2. The minimum absolute atomic E-state index is 0.0366. The zero-order valence-electron chi connectivity index (χ0n) is 15.0. The predicted molar refractivity (Wildman–Crippen MR) is 107 cm³/mol.